The fourth-order valence-electron chi connectivity index (χ4n) is 3.50. The fourth-order valence-corrected chi connectivity index (χ4v) is 4.19. The molecule has 0 unspecified atom stereocenters. The highest BCUT2D eigenvalue weighted by molar-refractivity contribution is 6.35. The van der Waals surface area contributed by atoms with Gasteiger partial charge in [0.15, 0.2) is 11.5 Å². The van der Waals surface area contributed by atoms with Crippen LogP contribution >= 0.6 is 34.8 Å². The van der Waals surface area contributed by atoms with E-state index in [0.29, 0.717) is 39.7 Å². The van der Waals surface area contributed by atoms with Crippen LogP contribution in [0.15, 0.2) is 30.3 Å². The molecule has 0 amide bonds. The smallest absolute Gasteiger partial charge is 0.163 e. The average molecular weight is 459 g/mol. The van der Waals surface area contributed by atoms with Crippen molar-refractivity contribution in [2.24, 2.45) is 5.41 Å². The van der Waals surface area contributed by atoms with Gasteiger partial charge in [0.05, 0.1) is 7.11 Å². The Morgan fingerprint density at radius 3 is 2.10 bits per heavy atom. The molecule has 0 saturated carbocycles. The molecule has 3 nitrogen and oxygen atoms in total. The maximum atomic E-state index is 6.54. The molecule has 2 rings (SSSR count). The molecule has 6 heteroatoms. The maximum Gasteiger partial charge on any atom is 0.163 e. The zero-order valence-electron chi connectivity index (χ0n) is 18.0. The third kappa shape index (κ3) is 7.57. The standard InChI is InChI=1S/C23H30Cl3NO2/c1-22(2,3)14-23(4,5)27-12-16-9-20(28-6)21(11-19(16)26)29-13-15-7-8-17(24)10-18(15)25/h7-11,27H,12-14H2,1-6H3. The lowest BCUT2D eigenvalue weighted by atomic mass is 9.82. The van der Waals surface area contributed by atoms with E-state index < -0.39 is 0 Å². The normalized spacial score (nSPS) is 12.2. The van der Waals surface area contributed by atoms with Crippen molar-refractivity contribution in [1.29, 1.82) is 0 Å². The number of halogens is 3. The van der Waals surface area contributed by atoms with Crippen LogP contribution in [0.1, 0.15) is 52.2 Å². The molecule has 0 aromatic heterocycles. The molecule has 0 spiro atoms. The molecule has 0 saturated heterocycles. The van der Waals surface area contributed by atoms with E-state index in [1.54, 1.807) is 25.3 Å². The summed E-state index contributed by atoms with van der Waals surface area (Å²) in [5.74, 6) is 1.20. The van der Waals surface area contributed by atoms with Gasteiger partial charge in [0.2, 0.25) is 0 Å². The zero-order chi connectivity index (χ0) is 21.8. The number of nitrogens with one attached hydrogen (secondary N) is 1. The van der Waals surface area contributed by atoms with Gasteiger partial charge < -0.3 is 14.8 Å². The summed E-state index contributed by atoms with van der Waals surface area (Å²) >= 11 is 18.7. The lowest BCUT2D eigenvalue weighted by molar-refractivity contribution is 0.240. The summed E-state index contributed by atoms with van der Waals surface area (Å²) in [6.45, 7) is 12.1. The number of hydrogen-bond acceptors (Lipinski definition) is 3. The maximum absolute atomic E-state index is 6.54. The van der Waals surface area contributed by atoms with Crippen LogP contribution in [-0.2, 0) is 13.2 Å². The molecule has 0 bridgehead atoms. The minimum absolute atomic E-state index is 0.0185. The summed E-state index contributed by atoms with van der Waals surface area (Å²) in [5, 5.41) is 5.38. The van der Waals surface area contributed by atoms with E-state index in [0.717, 1.165) is 17.5 Å². The summed E-state index contributed by atoms with van der Waals surface area (Å²) in [6, 6.07) is 9.03. The first-order valence-electron chi connectivity index (χ1n) is 9.58. The minimum atomic E-state index is -0.0185. The van der Waals surface area contributed by atoms with Crippen molar-refractivity contribution in [1.82, 2.24) is 5.32 Å². The zero-order valence-corrected chi connectivity index (χ0v) is 20.2. The molecule has 29 heavy (non-hydrogen) atoms. The topological polar surface area (TPSA) is 30.5 Å². The molecule has 0 aliphatic rings. The van der Waals surface area contributed by atoms with Crippen LogP contribution in [0.4, 0.5) is 0 Å². The first-order chi connectivity index (χ1) is 13.4. The Bertz CT molecular complexity index is 845. The molecule has 0 atom stereocenters. The van der Waals surface area contributed by atoms with Gasteiger partial charge in [-0.1, -0.05) is 61.6 Å². The van der Waals surface area contributed by atoms with Gasteiger partial charge in [-0.2, -0.15) is 0 Å². The fraction of sp³-hybridized carbons (Fsp3) is 0.478. The van der Waals surface area contributed by atoms with Crippen molar-refractivity contribution in [2.75, 3.05) is 7.11 Å². The Balaban J connectivity index is 2.12. The molecular weight excluding hydrogens is 429 g/mol. The molecule has 2 aromatic rings. The van der Waals surface area contributed by atoms with Crippen molar-refractivity contribution < 1.29 is 9.47 Å². The highest BCUT2D eigenvalue weighted by Gasteiger charge is 2.25. The lowest BCUT2D eigenvalue weighted by Gasteiger charge is -2.33. The molecule has 0 heterocycles. The van der Waals surface area contributed by atoms with E-state index in [9.17, 15) is 0 Å². The molecule has 2 aromatic carbocycles. The quantitative estimate of drug-likeness (QED) is 0.443. The number of methoxy groups -OCH3 is 1. The van der Waals surface area contributed by atoms with Crippen molar-refractivity contribution >= 4 is 34.8 Å². The van der Waals surface area contributed by atoms with Crippen LogP contribution in [0.3, 0.4) is 0 Å². The third-order valence-corrected chi connectivity index (χ3v) is 5.40. The second-order valence-electron chi connectivity index (χ2n) is 9.09. The number of ether oxygens (including phenoxy) is 2. The largest absolute Gasteiger partial charge is 0.493 e. The van der Waals surface area contributed by atoms with Gasteiger partial charge in [0, 0.05) is 38.8 Å². The predicted octanol–water partition coefficient (Wildman–Crippen LogP) is 7.54. The Hall–Kier alpha value is -1.13. The number of hydrogen-bond donors (Lipinski definition) is 1. The van der Waals surface area contributed by atoms with Crippen molar-refractivity contribution in [3.05, 3.63) is 56.5 Å². The summed E-state index contributed by atoms with van der Waals surface area (Å²) in [7, 11) is 1.62. The minimum Gasteiger partial charge on any atom is -0.493 e. The first-order valence-corrected chi connectivity index (χ1v) is 10.7. The van der Waals surface area contributed by atoms with Crippen molar-refractivity contribution in [3.8, 4) is 11.5 Å². The Labute approximate surface area is 189 Å². The SMILES string of the molecule is COc1cc(CNC(C)(C)CC(C)(C)C)c(Cl)cc1OCc1ccc(Cl)cc1Cl. The summed E-state index contributed by atoms with van der Waals surface area (Å²) in [4.78, 5) is 0. The van der Waals surface area contributed by atoms with E-state index in [4.69, 9.17) is 44.3 Å². The lowest BCUT2D eigenvalue weighted by Crippen LogP contribution is -2.41. The van der Waals surface area contributed by atoms with Gasteiger partial charge in [-0.15, -0.1) is 0 Å². The van der Waals surface area contributed by atoms with Crippen LogP contribution < -0.4 is 14.8 Å². The predicted molar refractivity (Wildman–Crippen MR) is 124 cm³/mol. The summed E-state index contributed by atoms with van der Waals surface area (Å²) in [5.41, 5.74) is 2.01. The van der Waals surface area contributed by atoms with Gasteiger partial charge in [-0.25, -0.2) is 0 Å². The van der Waals surface area contributed by atoms with Gasteiger partial charge in [-0.05, 0) is 49.4 Å². The van der Waals surface area contributed by atoms with E-state index in [1.165, 1.54) is 0 Å². The van der Waals surface area contributed by atoms with E-state index in [2.05, 4.69) is 39.9 Å². The summed E-state index contributed by atoms with van der Waals surface area (Å²) < 4.78 is 11.5. The van der Waals surface area contributed by atoms with Crippen molar-refractivity contribution in [3.63, 3.8) is 0 Å². The summed E-state index contributed by atoms with van der Waals surface area (Å²) in [6.07, 6.45) is 1.04. The van der Waals surface area contributed by atoms with Gasteiger partial charge in [-0.3, -0.25) is 0 Å². The van der Waals surface area contributed by atoms with Crippen molar-refractivity contribution in [2.45, 2.75) is 59.7 Å². The van der Waals surface area contributed by atoms with Gasteiger partial charge in [0.25, 0.3) is 0 Å². The van der Waals surface area contributed by atoms with Crippen LogP contribution in [0.25, 0.3) is 0 Å². The molecule has 0 fully saturated rings. The van der Waals surface area contributed by atoms with E-state index in [-0.39, 0.29) is 11.0 Å². The molecule has 1 N–H and O–H groups in total. The molecule has 160 valence electrons. The van der Waals surface area contributed by atoms with Crippen LogP contribution in [0, 0.1) is 5.41 Å². The molecule has 0 radical (unpaired) electrons. The van der Waals surface area contributed by atoms with E-state index >= 15 is 0 Å². The average Bonchev–Trinajstić information content (AvgIpc) is 2.58. The second-order valence-corrected chi connectivity index (χ2v) is 10.3. The molecule has 0 aliphatic carbocycles. The number of benzene rings is 2. The first kappa shape index (κ1) is 24.1. The highest BCUT2D eigenvalue weighted by Crippen LogP contribution is 2.35. The monoisotopic (exact) mass is 457 g/mol. The molecular formula is C23H30Cl3NO2. The Morgan fingerprint density at radius 1 is 0.862 bits per heavy atom. The van der Waals surface area contributed by atoms with E-state index in [1.807, 2.05) is 12.1 Å². The Morgan fingerprint density at radius 2 is 1.52 bits per heavy atom. The van der Waals surface area contributed by atoms with Crippen LogP contribution in [0.5, 0.6) is 11.5 Å². The third-order valence-electron chi connectivity index (χ3n) is 4.46. The number of rotatable bonds is 8. The highest BCUT2D eigenvalue weighted by atomic mass is 35.5. The van der Waals surface area contributed by atoms with Crippen LogP contribution in [-0.4, -0.2) is 12.6 Å². The Kier molecular flexibility index (Phi) is 8.15. The second kappa shape index (κ2) is 9.78. The van der Waals surface area contributed by atoms with Gasteiger partial charge >= 0.3 is 0 Å². The molecule has 0 aliphatic heterocycles. The van der Waals surface area contributed by atoms with Crippen LogP contribution in [0.2, 0.25) is 15.1 Å². The van der Waals surface area contributed by atoms with Gasteiger partial charge in [0.1, 0.15) is 6.61 Å².